The second-order valence-electron chi connectivity index (χ2n) is 6.85. The molecule has 4 rings (SSSR count). The highest BCUT2D eigenvalue weighted by molar-refractivity contribution is 6.01. The van der Waals surface area contributed by atoms with Crippen molar-refractivity contribution in [1.29, 1.82) is 0 Å². The van der Waals surface area contributed by atoms with Crippen molar-refractivity contribution in [3.05, 3.63) is 71.2 Å². The molecule has 4 nitrogen and oxygen atoms in total. The number of hydrogen-bond donors (Lipinski definition) is 1. The van der Waals surface area contributed by atoms with E-state index in [1.807, 2.05) is 30.3 Å². The molecule has 144 valence electrons. The van der Waals surface area contributed by atoms with Gasteiger partial charge in [0.25, 0.3) is 6.43 Å². The molecule has 1 aromatic carbocycles. The molecule has 0 saturated heterocycles. The fourth-order valence-electron chi connectivity index (χ4n) is 3.73. The molecule has 0 amide bonds. The number of Topliss-reactive ketones (excluding diaryl/α,β-unsaturated/α-hetero) is 1. The molecule has 28 heavy (non-hydrogen) atoms. The lowest BCUT2D eigenvalue weighted by Crippen LogP contribution is -2.11. The average molecular weight is 382 g/mol. The number of benzene rings is 1. The maximum absolute atomic E-state index is 12.7. The van der Waals surface area contributed by atoms with Gasteiger partial charge >= 0.3 is 0 Å². The molecule has 0 fully saturated rings. The van der Waals surface area contributed by atoms with E-state index >= 15 is 0 Å². The Morgan fingerprint density at radius 1 is 1.14 bits per heavy atom. The number of rotatable bonds is 6. The molecule has 3 aromatic rings. The number of ketones is 1. The van der Waals surface area contributed by atoms with E-state index in [1.54, 1.807) is 12.3 Å². The first-order valence-electron chi connectivity index (χ1n) is 9.29. The van der Waals surface area contributed by atoms with Gasteiger partial charge in [0.05, 0.1) is 11.9 Å². The van der Waals surface area contributed by atoms with Crippen LogP contribution in [-0.2, 0) is 12.8 Å². The zero-order chi connectivity index (χ0) is 19.5. The van der Waals surface area contributed by atoms with Gasteiger partial charge in [0.15, 0.2) is 5.78 Å². The van der Waals surface area contributed by atoms with Crippen LogP contribution >= 0.6 is 0 Å². The van der Waals surface area contributed by atoms with Crippen molar-refractivity contribution in [1.82, 2.24) is 9.97 Å². The van der Waals surface area contributed by atoms with E-state index in [1.165, 1.54) is 6.20 Å². The van der Waals surface area contributed by atoms with Gasteiger partial charge in [0, 0.05) is 35.9 Å². The molecule has 0 atom stereocenters. The largest absolute Gasteiger partial charge is 0.485 e. The van der Waals surface area contributed by atoms with Crippen molar-refractivity contribution in [3.8, 4) is 17.0 Å². The molecule has 0 unspecified atom stereocenters. The van der Waals surface area contributed by atoms with E-state index in [9.17, 15) is 13.6 Å². The van der Waals surface area contributed by atoms with Crippen LogP contribution in [0.2, 0.25) is 0 Å². The van der Waals surface area contributed by atoms with Crippen molar-refractivity contribution >= 4 is 5.78 Å². The number of nitrogens with one attached hydrogen (secondary N) is 1. The first kappa shape index (κ1) is 18.3. The maximum atomic E-state index is 12.7. The number of aryl methyl sites for hydroxylation is 1. The second kappa shape index (κ2) is 7.92. The Morgan fingerprint density at radius 2 is 1.96 bits per heavy atom. The fourth-order valence-corrected chi connectivity index (χ4v) is 3.73. The third-order valence-corrected chi connectivity index (χ3v) is 4.93. The van der Waals surface area contributed by atoms with Gasteiger partial charge in [0.2, 0.25) is 0 Å². The van der Waals surface area contributed by atoms with Crippen LogP contribution in [0.4, 0.5) is 8.78 Å². The summed E-state index contributed by atoms with van der Waals surface area (Å²) in [6, 6.07) is 11.6. The Hall–Kier alpha value is -3.02. The highest BCUT2D eigenvalue weighted by Crippen LogP contribution is 2.38. The van der Waals surface area contributed by atoms with Crippen molar-refractivity contribution in [2.45, 2.75) is 32.1 Å². The number of halogens is 2. The van der Waals surface area contributed by atoms with Gasteiger partial charge in [-0.1, -0.05) is 30.3 Å². The number of fused-ring (bicyclic) bond motifs is 1. The normalized spacial score (nSPS) is 13.6. The number of alkyl halides is 2. The Morgan fingerprint density at radius 3 is 2.75 bits per heavy atom. The number of ether oxygens (including phenoxy) is 1. The summed E-state index contributed by atoms with van der Waals surface area (Å²) in [6.45, 7) is -0.702. The summed E-state index contributed by atoms with van der Waals surface area (Å²) in [6.07, 6.45) is 3.16. The van der Waals surface area contributed by atoms with Gasteiger partial charge in [-0.15, -0.1) is 0 Å². The standard InChI is InChI=1S/C22H20F2N2O2/c23-20(24)13-28-19-12-25-10-9-15(19)22-16(11-14-5-2-1-3-6-14)21-17(26-22)7-4-8-18(21)27/h1-3,5-6,9-10,12,20,26H,4,7-8,11,13H2. The molecule has 2 heterocycles. The van der Waals surface area contributed by atoms with Crippen LogP contribution in [0, 0.1) is 0 Å². The van der Waals surface area contributed by atoms with Crippen molar-refractivity contribution < 1.29 is 18.3 Å². The van der Waals surface area contributed by atoms with Crippen LogP contribution < -0.4 is 4.74 Å². The molecular weight excluding hydrogens is 362 g/mol. The third-order valence-electron chi connectivity index (χ3n) is 4.93. The van der Waals surface area contributed by atoms with Gasteiger partial charge < -0.3 is 9.72 Å². The van der Waals surface area contributed by atoms with Gasteiger partial charge in [-0.2, -0.15) is 0 Å². The summed E-state index contributed by atoms with van der Waals surface area (Å²) in [5.74, 6) is 0.405. The number of aromatic nitrogens is 2. The number of aromatic amines is 1. The Bertz CT molecular complexity index is 983. The molecule has 1 N–H and O–H groups in total. The van der Waals surface area contributed by atoms with Crippen molar-refractivity contribution in [2.24, 2.45) is 0 Å². The third kappa shape index (κ3) is 3.67. The molecule has 1 aliphatic carbocycles. The van der Waals surface area contributed by atoms with E-state index in [4.69, 9.17) is 4.74 Å². The maximum Gasteiger partial charge on any atom is 0.272 e. The average Bonchev–Trinajstić information content (AvgIpc) is 3.07. The lowest BCUT2D eigenvalue weighted by atomic mass is 9.89. The number of carbonyl (C=O) groups is 1. The number of H-pyrrole nitrogens is 1. The first-order valence-corrected chi connectivity index (χ1v) is 9.29. The van der Waals surface area contributed by atoms with E-state index in [2.05, 4.69) is 9.97 Å². The Kier molecular flexibility index (Phi) is 5.19. The Labute approximate surface area is 161 Å². The summed E-state index contributed by atoms with van der Waals surface area (Å²) >= 11 is 0. The van der Waals surface area contributed by atoms with Gasteiger partial charge in [-0.05, 0) is 30.0 Å². The Balaban J connectivity index is 1.82. The number of hydrogen-bond acceptors (Lipinski definition) is 3. The minimum absolute atomic E-state index is 0.124. The minimum atomic E-state index is -2.57. The number of nitrogens with zero attached hydrogens (tertiary/aromatic N) is 1. The lowest BCUT2D eigenvalue weighted by Gasteiger charge is -2.13. The summed E-state index contributed by atoms with van der Waals surface area (Å²) in [5, 5.41) is 0. The molecule has 0 spiro atoms. The van der Waals surface area contributed by atoms with Gasteiger partial charge in [0.1, 0.15) is 12.4 Å². The predicted octanol–water partition coefficient (Wildman–Crippen LogP) is 4.83. The highest BCUT2D eigenvalue weighted by Gasteiger charge is 2.27. The molecule has 6 heteroatoms. The van der Waals surface area contributed by atoms with Crippen molar-refractivity contribution in [3.63, 3.8) is 0 Å². The van der Waals surface area contributed by atoms with Crippen LogP contribution in [0.5, 0.6) is 5.75 Å². The summed E-state index contributed by atoms with van der Waals surface area (Å²) in [5.41, 5.74) is 5.00. The summed E-state index contributed by atoms with van der Waals surface area (Å²) in [7, 11) is 0. The van der Waals surface area contributed by atoms with E-state index < -0.39 is 13.0 Å². The first-order chi connectivity index (χ1) is 13.6. The molecule has 0 radical (unpaired) electrons. The van der Waals surface area contributed by atoms with E-state index in [-0.39, 0.29) is 11.5 Å². The van der Waals surface area contributed by atoms with Crippen LogP contribution in [0.25, 0.3) is 11.3 Å². The molecule has 0 bridgehead atoms. The minimum Gasteiger partial charge on any atom is -0.485 e. The van der Waals surface area contributed by atoms with E-state index in [0.29, 0.717) is 18.4 Å². The van der Waals surface area contributed by atoms with E-state index in [0.717, 1.165) is 40.9 Å². The number of pyridine rings is 1. The van der Waals surface area contributed by atoms with Crippen LogP contribution in [0.15, 0.2) is 48.8 Å². The molecule has 0 aliphatic heterocycles. The predicted molar refractivity (Wildman–Crippen MR) is 102 cm³/mol. The number of carbonyl (C=O) groups excluding carboxylic acids is 1. The van der Waals surface area contributed by atoms with Crippen LogP contribution in [0.3, 0.4) is 0 Å². The lowest BCUT2D eigenvalue weighted by molar-refractivity contribution is 0.0820. The zero-order valence-corrected chi connectivity index (χ0v) is 15.3. The van der Waals surface area contributed by atoms with Crippen LogP contribution in [-0.4, -0.2) is 28.8 Å². The molecule has 2 aromatic heterocycles. The monoisotopic (exact) mass is 382 g/mol. The smallest absolute Gasteiger partial charge is 0.272 e. The van der Waals surface area contributed by atoms with Gasteiger partial charge in [-0.25, -0.2) is 8.78 Å². The zero-order valence-electron chi connectivity index (χ0n) is 15.3. The highest BCUT2D eigenvalue weighted by atomic mass is 19.3. The SMILES string of the molecule is O=C1CCCc2[nH]c(-c3ccncc3OCC(F)F)c(Cc3ccccc3)c21. The fraction of sp³-hybridized carbons (Fsp3) is 0.273. The molecule has 0 saturated carbocycles. The van der Waals surface area contributed by atoms with Gasteiger partial charge in [-0.3, -0.25) is 9.78 Å². The van der Waals surface area contributed by atoms with Crippen molar-refractivity contribution in [2.75, 3.05) is 6.61 Å². The second-order valence-corrected chi connectivity index (χ2v) is 6.85. The van der Waals surface area contributed by atoms with Crippen LogP contribution in [0.1, 0.15) is 40.0 Å². The quantitative estimate of drug-likeness (QED) is 0.664. The molecular formula is C22H20F2N2O2. The molecule has 1 aliphatic rings. The summed E-state index contributed by atoms with van der Waals surface area (Å²) < 4.78 is 30.6. The topological polar surface area (TPSA) is 55.0 Å². The summed E-state index contributed by atoms with van der Waals surface area (Å²) in [4.78, 5) is 20.1.